The van der Waals surface area contributed by atoms with Gasteiger partial charge < -0.3 is 20.3 Å². The SMILES string of the molecule is CN=C(NCCCN1CCC(C)CC1)NCc1ccnc(OC)c1. The molecule has 0 bridgehead atoms. The van der Waals surface area contributed by atoms with Crippen LogP contribution >= 0.6 is 0 Å². The molecule has 1 aliphatic heterocycles. The molecule has 0 aromatic carbocycles. The lowest BCUT2D eigenvalue weighted by Gasteiger charge is -2.30. The van der Waals surface area contributed by atoms with E-state index in [-0.39, 0.29) is 0 Å². The van der Waals surface area contributed by atoms with Crippen molar-refractivity contribution in [1.82, 2.24) is 20.5 Å². The van der Waals surface area contributed by atoms with E-state index >= 15 is 0 Å². The lowest BCUT2D eigenvalue weighted by atomic mass is 9.99. The third-order valence-electron chi connectivity index (χ3n) is 4.51. The predicted molar refractivity (Wildman–Crippen MR) is 98.4 cm³/mol. The van der Waals surface area contributed by atoms with Gasteiger partial charge >= 0.3 is 0 Å². The molecule has 134 valence electrons. The molecule has 0 saturated carbocycles. The van der Waals surface area contributed by atoms with Crippen LogP contribution in [0, 0.1) is 5.92 Å². The number of hydrogen-bond acceptors (Lipinski definition) is 4. The number of rotatable bonds is 7. The number of nitrogens with one attached hydrogen (secondary N) is 2. The number of aliphatic imine (C=N–C) groups is 1. The van der Waals surface area contributed by atoms with Crippen molar-refractivity contribution in [3.05, 3.63) is 23.9 Å². The van der Waals surface area contributed by atoms with Crippen molar-refractivity contribution in [3.8, 4) is 5.88 Å². The Morgan fingerprint density at radius 1 is 1.38 bits per heavy atom. The van der Waals surface area contributed by atoms with E-state index < -0.39 is 0 Å². The van der Waals surface area contributed by atoms with E-state index in [2.05, 4.69) is 32.4 Å². The van der Waals surface area contributed by atoms with Crippen molar-refractivity contribution in [2.45, 2.75) is 32.7 Å². The first-order valence-corrected chi connectivity index (χ1v) is 8.87. The lowest BCUT2D eigenvalue weighted by Crippen LogP contribution is -2.39. The summed E-state index contributed by atoms with van der Waals surface area (Å²) in [5.74, 6) is 2.36. The van der Waals surface area contributed by atoms with E-state index in [1.165, 1.54) is 25.9 Å². The maximum atomic E-state index is 5.14. The smallest absolute Gasteiger partial charge is 0.213 e. The average molecular weight is 333 g/mol. The van der Waals surface area contributed by atoms with Crippen molar-refractivity contribution < 1.29 is 4.74 Å². The van der Waals surface area contributed by atoms with Crippen molar-refractivity contribution in [3.63, 3.8) is 0 Å². The van der Waals surface area contributed by atoms with Gasteiger partial charge in [-0.15, -0.1) is 0 Å². The molecule has 0 radical (unpaired) electrons. The molecule has 6 nitrogen and oxygen atoms in total. The van der Waals surface area contributed by atoms with Crippen LogP contribution in [0.15, 0.2) is 23.3 Å². The minimum atomic E-state index is 0.632. The van der Waals surface area contributed by atoms with E-state index in [0.717, 1.165) is 37.0 Å². The number of nitrogens with zero attached hydrogens (tertiary/aromatic N) is 3. The largest absolute Gasteiger partial charge is 0.481 e. The standard InChI is InChI=1S/C18H31N5O/c1-15-6-11-23(12-7-15)10-4-8-21-18(19-2)22-14-16-5-9-20-17(13-16)24-3/h5,9,13,15H,4,6-8,10-12,14H2,1-3H3,(H2,19,21,22). The van der Waals surface area contributed by atoms with Gasteiger partial charge in [0.2, 0.25) is 5.88 Å². The fourth-order valence-electron chi connectivity index (χ4n) is 2.87. The van der Waals surface area contributed by atoms with E-state index in [0.29, 0.717) is 12.4 Å². The highest BCUT2D eigenvalue weighted by atomic mass is 16.5. The molecule has 6 heteroatoms. The number of piperidine rings is 1. The zero-order chi connectivity index (χ0) is 17.2. The van der Waals surface area contributed by atoms with E-state index in [1.54, 1.807) is 20.4 Å². The van der Waals surface area contributed by atoms with Gasteiger partial charge in [0.25, 0.3) is 0 Å². The summed E-state index contributed by atoms with van der Waals surface area (Å²) < 4.78 is 5.14. The van der Waals surface area contributed by atoms with E-state index in [1.807, 2.05) is 12.1 Å². The molecular weight excluding hydrogens is 302 g/mol. The van der Waals surface area contributed by atoms with Crippen LogP contribution in [0.1, 0.15) is 31.7 Å². The molecule has 24 heavy (non-hydrogen) atoms. The fraction of sp³-hybridized carbons (Fsp3) is 0.667. The Morgan fingerprint density at radius 3 is 2.88 bits per heavy atom. The summed E-state index contributed by atoms with van der Waals surface area (Å²) in [6.07, 6.45) is 5.57. The summed E-state index contributed by atoms with van der Waals surface area (Å²) in [6.45, 7) is 7.65. The van der Waals surface area contributed by atoms with Gasteiger partial charge in [-0.05, 0) is 56.4 Å². The summed E-state index contributed by atoms with van der Waals surface area (Å²) in [7, 11) is 3.43. The first-order valence-electron chi connectivity index (χ1n) is 8.87. The maximum absolute atomic E-state index is 5.14. The minimum absolute atomic E-state index is 0.632. The Morgan fingerprint density at radius 2 is 2.17 bits per heavy atom. The molecule has 0 atom stereocenters. The molecule has 0 amide bonds. The van der Waals surface area contributed by atoms with Gasteiger partial charge in [-0.2, -0.15) is 0 Å². The minimum Gasteiger partial charge on any atom is -0.481 e. The molecule has 1 fully saturated rings. The Labute approximate surface area is 145 Å². The van der Waals surface area contributed by atoms with Crippen molar-refractivity contribution in [2.24, 2.45) is 10.9 Å². The van der Waals surface area contributed by atoms with Gasteiger partial charge in [-0.25, -0.2) is 4.98 Å². The highest BCUT2D eigenvalue weighted by molar-refractivity contribution is 5.79. The molecule has 1 aromatic heterocycles. The molecule has 1 aliphatic rings. The third kappa shape index (κ3) is 6.35. The Bertz CT molecular complexity index is 512. The number of methoxy groups -OCH3 is 1. The monoisotopic (exact) mass is 333 g/mol. The van der Waals surface area contributed by atoms with Gasteiger partial charge in [0.1, 0.15) is 0 Å². The normalized spacial score (nSPS) is 16.9. The van der Waals surface area contributed by atoms with Crippen LogP contribution in [0.4, 0.5) is 0 Å². The summed E-state index contributed by atoms with van der Waals surface area (Å²) in [4.78, 5) is 11.0. The summed E-state index contributed by atoms with van der Waals surface area (Å²) in [6, 6.07) is 3.90. The summed E-state index contributed by atoms with van der Waals surface area (Å²) in [5, 5.41) is 6.71. The Balaban J connectivity index is 1.63. The topological polar surface area (TPSA) is 61.8 Å². The van der Waals surface area contributed by atoms with Gasteiger partial charge in [0.15, 0.2) is 5.96 Å². The molecule has 1 saturated heterocycles. The molecule has 0 unspecified atom stereocenters. The van der Waals surface area contributed by atoms with Crippen LogP contribution in [-0.4, -0.2) is 56.2 Å². The molecule has 0 spiro atoms. The van der Waals surface area contributed by atoms with Gasteiger partial charge in [0, 0.05) is 32.4 Å². The van der Waals surface area contributed by atoms with Crippen LogP contribution in [0.25, 0.3) is 0 Å². The highest BCUT2D eigenvalue weighted by Crippen LogP contribution is 2.15. The lowest BCUT2D eigenvalue weighted by molar-refractivity contribution is 0.191. The predicted octanol–water partition coefficient (Wildman–Crippen LogP) is 1.88. The molecule has 0 aliphatic carbocycles. The number of pyridine rings is 1. The number of ether oxygens (including phenoxy) is 1. The summed E-state index contributed by atoms with van der Waals surface area (Å²) >= 11 is 0. The van der Waals surface area contributed by atoms with Crippen molar-refractivity contribution in [1.29, 1.82) is 0 Å². The zero-order valence-electron chi connectivity index (χ0n) is 15.2. The molecule has 2 N–H and O–H groups in total. The second-order valence-electron chi connectivity index (χ2n) is 6.44. The highest BCUT2D eigenvalue weighted by Gasteiger charge is 2.14. The number of aromatic nitrogens is 1. The van der Waals surface area contributed by atoms with Crippen LogP contribution in [-0.2, 0) is 6.54 Å². The number of guanidine groups is 1. The van der Waals surface area contributed by atoms with E-state index in [9.17, 15) is 0 Å². The first kappa shape index (κ1) is 18.5. The van der Waals surface area contributed by atoms with Crippen molar-refractivity contribution in [2.75, 3.05) is 40.3 Å². The quantitative estimate of drug-likeness (QED) is 0.453. The second-order valence-corrected chi connectivity index (χ2v) is 6.44. The number of hydrogen-bond donors (Lipinski definition) is 2. The number of likely N-dealkylation sites (tertiary alicyclic amines) is 1. The molecule has 1 aromatic rings. The zero-order valence-corrected chi connectivity index (χ0v) is 15.2. The van der Waals surface area contributed by atoms with Crippen molar-refractivity contribution >= 4 is 5.96 Å². The second kappa shape index (κ2) is 10.1. The van der Waals surface area contributed by atoms with Crippen LogP contribution < -0.4 is 15.4 Å². The Hall–Kier alpha value is -1.82. The Kier molecular flexibility index (Phi) is 7.82. The third-order valence-corrected chi connectivity index (χ3v) is 4.51. The maximum Gasteiger partial charge on any atom is 0.213 e. The molecule has 2 rings (SSSR count). The fourth-order valence-corrected chi connectivity index (χ4v) is 2.87. The van der Waals surface area contributed by atoms with Crippen LogP contribution in [0.5, 0.6) is 5.88 Å². The van der Waals surface area contributed by atoms with Crippen LogP contribution in [0.3, 0.4) is 0 Å². The van der Waals surface area contributed by atoms with Gasteiger partial charge in [-0.1, -0.05) is 6.92 Å². The van der Waals surface area contributed by atoms with Gasteiger partial charge in [-0.3, -0.25) is 4.99 Å². The average Bonchev–Trinajstić information content (AvgIpc) is 2.63. The van der Waals surface area contributed by atoms with E-state index in [4.69, 9.17) is 4.74 Å². The molecule has 2 heterocycles. The first-order chi connectivity index (χ1) is 11.7. The van der Waals surface area contributed by atoms with Crippen LogP contribution in [0.2, 0.25) is 0 Å². The molecular formula is C18H31N5O. The van der Waals surface area contributed by atoms with Gasteiger partial charge in [0.05, 0.1) is 7.11 Å². The summed E-state index contributed by atoms with van der Waals surface area (Å²) in [5.41, 5.74) is 1.12.